The lowest BCUT2D eigenvalue weighted by molar-refractivity contribution is -0.125. The van der Waals surface area contributed by atoms with Crippen molar-refractivity contribution >= 4 is 29.3 Å². The third kappa shape index (κ3) is 3.55. The van der Waals surface area contributed by atoms with Gasteiger partial charge in [0.05, 0.1) is 0 Å². The average molecular weight is 387 g/mol. The highest BCUT2D eigenvalue weighted by Crippen LogP contribution is 2.40. The Bertz CT molecular complexity index is 1030. The predicted molar refractivity (Wildman–Crippen MR) is 108 cm³/mol. The molecule has 0 aromatic carbocycles. The van der Waals surface area contributed by atoms with Gasteiger partial charge in [-0.1, -0.05) is 6.08 Å². The maximum Gasteiger partial charge on any atom is 0.246 e. The molecular weight excluding hydrogens is 366 g/mol. The molecule has 4 heterocycles. The molecule has 1 N–H and O–H groups in total. The van der Waals surface area contributed by atoms with Crippen LogP contribution < -0.4 is 5.32 Å². The van der Waals surface area contributed by atoms with Crippen LogP contribution in [-0.2, 0) is 16.0 Å². The molecule has 5 rings (SSSR count). The van der Waals surface area contributed by atoms with Crippen molar-refractivity contribution in [1.29, 1.82) is 0 Å². The molecule has 0 saturated carbocycles. The topological polar surface area (TPSA) is 88.1 Å². The number of aromatic nitrogens is 3. The minimum absolute atomic E-state index is 0.0000455. The first-order valence-corrected chi connectivity index (χ1v) is 9.87. The Morgan fingerprint density at radius 3 is 2.86 bits per heavy atom. The lowest BCUT2D eigenvalue weighted by atomic mass is 9.99. The number of allylic oxidation sites excluding steroid dienone is 1. The number of likely N-dealkylation sites (tertiary alicyclic amines) is 1. The quantitative estimate of drug-likeness (QED) is 0.817. The molecule has 2 amide bonds. The molecule has 2 aliphatic heterocycles. The minimum Gasteiger partial charge on any atom is -0.338 e. The van der Waals surface area contributed by atoms with Gasteiger partial charge in [0, 0.05) is 49.7 Å². The van der Waals surface area contributed by atoms with E-state index >= 15 is 0 Å². The van der Waals surface area contributed by atoms with E-state index in [1.165, 1.54) is 5.57 Å². The largest absolute Gasteiger partial charge is 0.338 e. The molecule has 3 aliphatic rings. The van der Waals surface area contributed by atoms with Crippen LogP contribution in [0.3, 0.4) is 0 Å². The van der Waals surface area contributed by atoms with E-state index in [9.17, 15) is 9.59 Å². The summed E-state index contributed by atoms with van der Waals surface area (Å²) >= 11 is 0. The van der Waals surface area contributed by atoms with Crippen LogP contribution in [-0.4, -0.2) is 44.8 Å². The highest BCUT2D eigenvalue weighted by atomic mass is 16.2. The number of hydrogen-bond donors (Lipinski definition) is 1. The number of amides is 2. The van der Waals surface area contributed by atoms with Crippen molar-refractivity contribution in [3.8, 4) is 0 Å². The number of carbonyl (C=O) groups excluding carboxylic acids is 2. The molecule has 0 bridgehead atoms. The SMILES string of the molecule is O=C1CCc2cc(C=CC(=O)N3CC4C=C(c5cncnc5)CC4C3)cnc2N1. The van der Waals surface area contributed by atoms with Crippen molar-refractivity contribution in [3.05, 3.63) is 59.8 Å². The third-order valence-corrected chi connectivity index (χ3v) is 5.92. The lowest BCUT2D eigenvalue weighted by Crippen LogP contribution is -2.27. The van der Waals surface area contributed by atoms with Gasteiger partial charge in [0.1, 0.15) is 12.1 Å². The summed E-state index contributed by atoms with van der Waals surface area (Å²) in [5.74, 6) is 1.53. The van der Waals surface area contributed by atoms with Gasteiger partial charge in [-0.2, -0.15) is 0 Å². The first-order valence-electron chi connectivity index (χ1n) is 9.87. The standard InChI is InChI=1S/C22H21N5O2/c28-20-3-2-15-5-14(8-25-22(15)26-20)1-4-21(29)27-11-17-6-16(7-18(17)12-27)19-9-23-13-24-10-19/h1,4-6,8-10,13,17-18H,2-3,7,11-12H2,(H,25,26,28). The van der Waals surface area contributed by atoms with E-state index in [4.69, 9.17) is 0 Å². The number of rotatable bonds is 3. The molecule has 2 aromatic rings. The molecule has 0 spiro atoms. The van der Waals surface area contributed by atoms with Crippen molar-refractivity contribution < 1.29 is 9.59 Å². The van der Waals surface area contributed by atoms with Crippen molar-refractivity contribution in [2.24, 2.45) is 11.8 Å². The summed E-state index contributed by atoms with van der Waals surface area (Å²) in [6, 6.07) is 1.99. The monoisotopic (exact) mass is 387 g/mol. The summed E-state index contributed by atoms with van der Waals surface area (Å²) in [6.45, 7) is 1.52. The number of nitrogens with one attached hydrogen (secondary N) is 1. The summed E-state index contributed by atoms with van der Waals surface area (Å²) in [7, 11) is 0. The van der Waals surface area contributed by atoms with Gasteiger partial charge in [0.15, 0.2) is 0 Å². The molecule has 1 saturated heterocycles. The Kier molecular flexibility index (Phi) is 4.42. The van der Waals surface area contributed by atoms with Crippen molar-refractivity contribution in [1.82, 2.24) is 19.9 Å². The maximum atomic E-state index is 12.7. The summed E-state index contributed by atoms with van der Waals surface area (Å²) in [5.41, 5.74) is 4.25. The molecule has 1 aliphatic carbocycles. The number of fused-ring (bicyclic) bond motifs is 2. The van der Waals surface area contributed by atoms with E-state index in [1.54, 1.807) is 18.6 Å². The molecule has 2 aromatic heterocycles. The molecule has 2 atom stereocenters. The maximum absolute atomic E-state index is 12.7. The highest BCUT2D eigenvalue weighted by Gasteiger charge is 2.37. The summed E-state index contributed by atoms with van der Waals surface area (Å²) < 4.78 is 0. The smallest absolute Gasteiger partial charge is 0.246 e. The second kappa shape index (κ2) is 7.24. The molecule has 1 fully saturated rings. The first-order chi connectivity index (χ1) is 14.2. The van der Waals surface area contributed by atoms with E-state index < -0.39 is 0 Å². The summed E-state index contributed by atoms with van der Waals surface area (Å²) in [4.78, 5) is 38.5. The van der Waals surface area contributed by atoms with Crippen LogP contribution in [0.1, 0.15) is 29.5 Å². The summed E-state index contributed by atoms with van der Waals surface area (Å²) in [6.07, 6.45) is 14.8. The zero-order valence-electron chi connectivity index (χ0n) is 15.9. The Morgan fingerprint density at radius 2 is 2.03 bits per heavy atom. The lowest BCUT2D eigenvalue weighted by Gasteiger charge is -2.16. The van der Waals surface area contributed by atoms with Crippen LogP contribution in [0.5, 0.6) is 0 Å². The molecule has 0 radical (unpaired) electrons. The van der Waals surface area contributed by atoms with Crippen LogP contribution in [0.15, 0.2) is 43.1 Å². The average Bonchev–Trinajstić information content (AvgIpc) is 3.32. The van der Waals surface area contributed by atoms with E-state index in [-0.39, 0.29) is 11.8 Å². The Balaban J connectivity index is 1.23. The number of anilines is 1. The second-order valence-corrected chi connectivity index (χ2v) is 7.85. The van der Waals surface area contributed by atoms with Gasteiger partial charge < -0.3 is 10.2 Å². The number of carbonyl (C=O) groups is 2. The fraction of sp³-hybridized carbons (Fsp3) is 0.318. The van der Waals surface area contributed by atoms with Gasteiger partial charge >= 0.3 is 0 Å². The first kappa shape index (κ1) is 17.7. The van der Waals surface area contributed by atoms with E-state index in [2.05, 4.69) is 26.3 Å². The van der Waals surface area contributed by atoms with Crippen LogP contribution in [0, 0.1) is 11.8 Å². The Morgan fingerprint density at radius 1 is 1.17 bits per heavy atom. The zero-order valence-corrected chi connectivity index (χ0v) is 15.9. The molecule has 7 heteroatoms. The van der Waals surface area contributed by atoms with Crippen LogP contribution in [0.2, 0.25) is 0 Å². The van der Waals surface area contributed by atoms with Gasteiger partial charge in [-0.3, -0.25) is 9.59 Å². The summed E-state index contributed by atoms with van der Waals surface area (Å²) in [5, 5.41) is 2.77. The second-order valence-electron chi connectivity index (χ2n) is 7.85. The fourth-order valence-electron chi connectivity index (χ4n) is 4.41. The molecular formula is C22H21N5O2. The van der Waals surface area contributed by atoms with Crippen molar-refractivity contribution in [2.45, 2.75) is 19.3 Å². The normalized spacial score (nSPS) is 23.0. The van der Waals surface area contributed by atoms with E-state index in [0.717, 1.165) is 36.2 Å². The number of hydrogen-bond acceptors (Lipinski definition) is 5. The predicted octanol–water partition coefficient (Wildman–Crippen LogP) is 2.33. The molecule has 7 nitrogen and oxygen atoms in total. The van der Waals surface area contributed by atoms with Gasteiger partial charge in [-0.05, 0) is 53.5 Å². The Hall–Kier alpha value is -3.35. The number of aryl methyl sites for hydroxylation is 1. The molecule has 2 unspecified atom stereocenters. The van der Waals surface area contributed by atoms with Gasteiger partial charge in [0.2, 0.25) is 11.8 Å². The van der Waals surface area contributed by atoms with Crippen molar-refractivity contribution in [3.63, 3.8) is 0 Å². The van der Waals surface area contributed by atoms with Crippen LogP contribution in [0.25, 0.3) is 11.6 Å². The van der Waals surface area contributed by atoms with Crippen molar-refractivity contribution in [2.75, 3.05) is 18.4 Å². The van der Waals surface area contributed by atoms with Gasteiger partial charge in [-0.15, -0.1) is 0 Å². The highest BCUT2D eigenvalue weighted by molar-refractivity contribution is 5.94. The van der Waals surface area contributed by atoms with Crippen LogP contribution in [0.4, 0.5) is 5.82 Å². The fourth-order valence-corrected chi connectivity index (χ4v) is 4.41. The molecule has 29 heavy (non-hydrogen) atoms. The van der Waals surface area contributed by atoms with E-state index in [1.807, 2.05) is 29.4 Å². The Labute approximate surface area is 168 Å². The minimum atomic E-state index is 0.0000455. The van der Waals surface area contributed by atoms with Gasteiger partial charge in [-0.25, -0.2) is 15.0 Å². The third-order valence-electron chi connectivity index (χ3n) is 5.92. The zero-order chi connectivity index (χ0) is 19.8. The van der Waals surface area contributed by atoms with Gasteiger partial charge in [0.25, 0.3) is 0 Å². The number of pyridine rings is 1. The van der Waals surface area contributed by atoms with E-state index in [0.29, 0.717) is 30.5 Å². The van der Waals surface area contributed by atoms with Crippen LogP contribution >= 0.6 is 0 Å². The molecule has 146 valence electrons. The number of nitrogens with zero attached hydrogens (tertiary/aromatic N) is 4.